The fraction of sp³-hybridized carbons (Fsp3) is 0.118. The summed E-state index contributed by atoms with van der Waals surface area (Å²) in [6.45, 7) is 3.71. The molecule has 2 rings (SSSR count). The van der Waals surface area contributed by atoms with Gasteiger partial charge in [-0.2, -0.15) is 5.10 Å². The summed E-state index contributed by atoms with van der Waals surface area (Å²) < 4.78 is 0. The fourth-order valence-electron chi connectivity index (χ4n) is 1.82. The number of benzene rings is 2. The van der Waals surface area contributed by atoms with Gasteiger partial charge in [0.2, 0.25) is 0 Å². The van der Waals surface area contributed by atoms with Crippen molar-refractivity contribution in [2.75, 3.05) is 5.32 Å². The molecule has 0 radical (unpaired) electrons. The van der Waals surface area contributed by atoms with Crippen LogP contribution < -0.4 is 10.7 Å². The molecule has 2 N–H and O–H groups in total. The third-order valence-electron chi connectivity index (χ3n) is 3.20. The zero-order chi connectivity index (χ0) is 17.7. The summed E-state index contributed by atoms with van der Waals surface area (Å²) >= 11 is 11.8. The highest BCUT2D eigenvalue weighted by Gasteiger charge is 2.15. The molecule has 24 heavy (non-hydrogen) atoms. The Kier molecular flexibility index (Phi) is 5.95. The molecule has 0 fully saturated rings. The van der Waals surface area contributed by atoms with E-state index in [1.807, 2.05) is 31.2 Å². The number of carbonyl (C=O) groups excluding carboxylic acids is 2. The van der Waals surface area contributed by atoms with Gasteiger partial charge >= 0.3 is 11.8 Å². The first kappa shape index (κ1) is 18.0. The summed E-state index contributed by atoms with van der Waals surface area (Å²) in [5, 5.41) is 6.76. The second kappa shape index (κ2) is 7.95. The Morgan fingerprint density at radius 2 is 1.67 bits per heavy atom. The molecule has 2 aromatic carbocycles. The lowest BCUT2D eigenvalue weighted by atomic mass is 10.1. The van der Waals surface area contributed by atoms with Crippen molar-refractivity contribution in [3.05, 3.63) is 63.6 Å². The third-order valence-corrected chi connectivity index (χ3v) is 4.02. The van der Waals surface area contributed by atoms with E-state index in [1.165, 1.54) is 0 Å². The predicted octanol–water partition coefficient (Wildman–Crippen LogP) is 3.78. The number of halogens is 2. The standard InChI is InChI=1S/C17H15Cl2N3O2/c1-10-6-8-12(9-7-10)11(2)21-22-17(24)16(23)20-14-5-3-4-13(18)15(14)19/h3-9H,1-2H3,(H,20,23)(H,22,24). The fourth-order valence-corrected chi connectivity index (χ4v) is 2.17. The molecule has 0 aliphatic carbocycles. The monoisotopic (exact) mass is 363 g/mol. The average Bonchev–Trinajstić information content (AvgIpc) is 2.57. The van der Waals surface area contributed by atoms with Crippen LogP contribution in [0, 0.1) is 6.92 Å². The molecule has 0 atom stereocenters. The topological polar surface area (TPSA) is 70.6 Å². The molecule has 2 amide bonds. The Balaban J connectivity index is 2.01. The van der Waals surface area contributed by atoms with Crippen molar-refractivity contribution >= 4 is 46.4 Å². The van der Waals surface area contributed by atoms with Crippen molar-refractivity contribution in [2.45, 2.75) is 13.8 Å². The molecular weight excluding hydrogens is 349 g/mol. The van der Waals surface area contributed by atoms with E-state index >= 15 is 0 Å². The first-order valence-electron chi connectivity index (χ1n) is 7.05. The van der Waals surface area contributed by atoms with Crippen LogP contribution in [0.2, 0.25) is 10.0 Å². The van der Waals surface area contributed by atoms with Gasteiger partial charge in [0.1, 0.15) is 0 Å². The summed E-state index contributed by atoms with van der Waals surface area (Å²) in [6, 6.07) is 12.4. The molecule has 0 aliphatic heterocycles. The first-order valence-corrected chi connectivity index (χ1v) is 7.80. The van der Waals surface area contributed by atoms with Gasteiger partial charge in [-0.15, -0.1) is 0 Å². The van der Waals surface area contributed by atoms with Crippen LogP contribution in [0.1, 0.15) is 18.1 Å². The van der Waals surface area contributed by atoms with Crippen molar-refractivity contribution in [3.8, 4) is 0 Å². The molecular formula is C17H15Cl2N3O2. The van der Waals surface area contributed by atoms with E-state index in [0.29, 0.717) is 5.71 Å². The maximum absolute atomic E-state index is 11.9. The van der Waals surface area contributed by atoms with Gasteiger partial charge in [-0.3, -0.25) is 9.59 Å². The van der Waals surface area contributed by atoms with Crippen molar-refractivity contribution in [3.63, 3.8) is 0 Å². The minimum atomic E-state index is -0.905. The Hall–Kier alpha value is -2.37. The number of rotatable bonds is 3. The van der Waals surface area contributed by atoms with Crippen LogP contribution in [0.3, 0.4) is 0 Å². The van der Waals surface area contributed by atoms with Gasteiger partial charge in [0.05, 0.1) is 21.4 Å². The van der Waals surface area contributed by atoms with Gasteiger partial charge in [-0.1, -0.05) is 59.1 Å². The Morgan fingerprint density at radius 3 is 2.33 bits per heavy atom. The number of anilines is 1. The van der Waals surface area contributed by atoms with Crippen molar-refractivity contribution < 1.29 is 9.59 Å². The molecule has 0 bridgehead atoms. The molecule has 0 saturated heterocycles. The number of hydrogen-bond donors (Lipinski definition) is 2. The average molecular weight is 364 g/mol. The molecule has 0 aromatic heterocycles. The molecule has 0 saturated carbocycles. The van der Waals surface area contributed by atoms with E-state index in [9.17, 15) is 9.59 Å². The maximum Gasteiger partial charge on any atom is 0.329 e. The Bertz CT molecular complexity index is 802. The minimum Gasteiger partial charge on any atom is -0.316 e. The zero-order valence-corrected chi connectivity index (χ0v) is 14.6. The van der Waals surface area contributed by atoms with Crippen molar-refractivity contribution in [2.24, 2.45) is 5.10 Å². The lowest BCUT2D eigenvalue weighted by Crippen LogP contribution is -2.33. The van der Waals surface area contributed by atoms with Crippen molar-refractivity contribution in [1.82, 2.24) is 5.43 Å². The number of hydrazone groups is 1. The van der Waals surface area contributed by atoms with Crippen LogP contribution in [0.4, 0.5) is 5.69 Å². The third kappa shape index (κ3) is 4.57. The second-order valence-electron chi connectivity index (χ2n) is 5.06. The SMILES string of the molecule is CC(=NNC(=O)C(=O)Nc1cccc(Cl)c1Cl)c1ccc(C)cc1. The van der Waals surface area contributed by atoms with Crippen LogP contribution in [-0.4, -0.2) is 17.5 Å². The summed E-state index contributed by atoms with van der Waals surface area (Å²) in [6.07, 6.45) is 0. The number of amides is 2. The summed E-state index contributed by atoms with van der Waals surface area (Å²) in [5.74, 6) is -1.79. The van der Waals surface area contributed by atoms with E-state index in [0.717, 1.165) is 11.1 Å². The van der Waals surface area contributed by atoms with Crippen LogP contribution >= 0.6 is 23.2 Å². The van der Waals surface area contributed by atoms with Crippen LogP contribution in [0.15, 0.2) is 47.6 Å². The molecule has 5 nitrogen and oxygen atoms in total. The smallest absolute Gasteiger partial charge is 0.316 e. The lowest BCUT2D eigenvalue weighted by molar-refractivity contribution is -0.136. The zero-order valence-electron chi connectivity index (χ0n) is 13.1. The summed E-state index contributed by atoms with van der Waals surface area (Å²) in [7, 11) is 0. The Labute approximate surface area is 149 Å². The van der Waals surface area contributed by atoms with Crippen molar-refractivity contribution in [1.29, 1.82) is 0 Å². The predicted molar refractivity (Wildman–Crippen MR) is 96.6 cm³/mol. The van der Waals surface area contributed by atoms with Gasteiger partial charge in [0.25, 0.3) is 0 Å². The largest absolute Gasteiger partial charge is 0.329 e. The number of nitrogens with one attached hydrogen (secondary N) is 2. The van der Waals surface area contributed by atoms with Gasteiger partial charge in [0.15, 0.2) is 0 Å². The maximum atomic E-state index is 11.9. The lowest BCUT2D eigenvalue weighted by Gasteiger charge is -2.07. The highest BCUT2D eigenvalue weighted by molar-refractivity contribution is 6.45. The quantitative estimate of drug-likeness (QED) is 0.494. The second-order valence-corrected chi connectivity index (χ2v) is 5.84. The van der Waals surface area contributed by atoms with Gasteiger partial charge < -0.3 is 5.32 Å². The molecule has 2 aromatic rings. The number of hydrogen-bond acceptors (Lipinski definition) is 3. The van der Waals surface area contributed by atoms with E-state index in [2.05, 4.69) is 15.8 Å². The molecule has 0 spiro atoms. The van der Waals surface area contributed by atoms with E-state index in [-0.39, 0.29) is 15.7 Å². The molecule has 124 valence electrons. The van der Waals surface area contributed by atoms with E-state index in [4.69, 9.17) is 23.2 Å². The summed E-state index contributed by atoms with van der Waals surface area (Å²) in [5.41, 5.74) is 5.01. The molecule has 0 heterocycles. The van der Waals surface area contributed by atoms with E-state index in [1.54, 1.807) is 25.1 Å². The number of nitrogens with zero attached hydrogens (tertiary/aromatic N) is 1. The van der Waals surface area contributed by atoms with Crippen LogP contribution in [0.5, 0.6) is 0 Å². The minimum absolute atomic E-state index is 0.166. The number of aryl methyl sites for hydroxylation is 1. The van der Waals surface area contributed by atoms with Gasteiger partial charge in [-0.05, 0) is 31.5 Å². The first-order chi connectivity index (χ1) is 11.4. The van der Waals surface area contributed by atoms with Gasteiger partial charge in [-0.25, -0.2) is 5.43 Å². The van der Waals surface area contributed by atoms with Crippen LogP contribution in [0.25, 0.3) is 0 Å². The highest BCUT2D eigenvalue weighted by atomic mass is 35.5. The number of carbonyl (C=O) groups is 2. The highest BCUT2D eigenvalue weighted by Crippen LogP contribution is 2.29. The van der Waals surface area contributed by atoms with Gasteiger partial charge in [0, 0.05) is 0 Å². The van der Waals surface area contributed by atoms with Crippen LogP contribution in [-0.2, 0) is 9.59 Å². The molecule has 7 heteroatoms. The summed E-state index contributed by atoms with van der Waals surface area (Å²) in [4.78, 5) is 23.7. The Morgan fingerprint density at radius 1 is 1.00 bits per heavy atom. The molecule has 0 unspecified atom stereocenters. The normalized spacial score (nSPS) is 11.1. The molecule has 0 aliphatic rings. The van der Waals surface area contributed by atoms with E-state index < -0.39 is 11.8 Å².